The molecular weight excluding hydrogens is 418 g/mol. The molecule has 0 atom stereocenters. The number of aromatic nitrogens is 2. The molecule has 0 bridgehead atoms. The molecule has 6 nitrogen and oxygen atoms in total. The van der Waals surface area contributed by atoms with Gasteiger partial charge in [0.15, 0.2) is 10.1 Å². The lowest BCUT2D eigenvalue weighted by Gasteiger charge is -2.10. The maximum absolute atomic E-state index is 13.0. The Bertz CT molecular complexity index is 1170. The van der Waals surface area contributed by atoms with Crippen molar-refractivity contribution >= 4 is 40.0 Å². The summed E-state index contributed by atoms with van der Waals surface area (Å²) < 4.78 is 12.1. The Hall–Kier alpha value is -2.68. The Kier molecular flexibility index (Phi) is 6.47. The number of nitrogens with zero attached hydrogens (tertiary/aromatic N) is 2. The van der Waals surface area contributed by atoms with Gasteiger partial charge >= 0.3 is 0 Å². The first-order valence-corrected chi connectivity index (χ1v) is 11.2. The number of hydrogen-bond donors (Lipinski definition) is 1. The number of thioether (sulfide) groups is 1. The first-order valence-electron chi connectivity index (χ1n) is 9.43. The third-order valence-electron chi connectivity index (χ3n) is 4.61. The van der Waals surface area contributed by atoms with Gasteiger partial charge in [0.2, 0.25) is 0 Å². The maximum Gasteiger partial charge on any atom is 0.287 e. The first kappa shape index (κ1) is 20.6. The molecule has 0 spiro atoms. The third kappa shape index (κ3) is 4.56. The van der Waals surface area contributed by atoms with Crippen LogP contribution in [0.2, 0.25) is 0 Å². The first-order chi connectivity index (χ1) is 14.7. The number of methoxy groups -OCH3 is 1. The van der Waals surface area contributed by atoms with Gasteiger partial charge in [0.1, 0.15) is 10.6 Å². The molecule has 0 unspecified atom stereocenters. The van der Waals surface area contributed by atoms with Gasteiger partial charge in [-0.15, -0.1) is 10.2 Å². The van der Waals surface area contributed by atoms with E-state index in [2.05, 4.69) is 15.5 Å². The number of amides is 1. The molecule has 2 aromatic heterocycles. The fraction of sp³-hybridized carbons (Fsp3) is 0.227. The lowest BCUT2D eigenvalue weighted by Crippen LogP contribution is -2.24. The summed E-state index contributed by atoms with van der Waals surface area (Å²) in [7, 11) is 1.66. The molecule has 0 saturated heterocycles. The number of para-hydroxylation sites is 1. The van der Waals surface area contributed by atoms with Crippen LogP contribution in [0.15, 0.2) is 57.3 Å². The second-order valence-corrected chi connectivity index (χ2v) is 9.07. The number of fused-ring (bicyclic) bond motifs is 1. The van der Waals surface area contributed by atoms with E-state index >= 15 is 0 Å². The van der Waals surface area contributed by atoms with Crippen molar-refractivity contribution in [3.8, 4) is 0 Å². The molecule has 30 heavy (non-hydrogen) atoms. The van der Waals surface area contributed by atoms with Gasteiger partial charge in [-0.3, -0.25) is 4.79 Å². The Balaban J connectivity index is 1.56. The van der Waals surface area contributed by atoms with Crippen LogP contribution in [0, 0.1) is 6.92 Å². The van der Waals surface area contributed by atoms with Crippen molar-refractivity contribution in [3.63, 3.8) is 0 Å². The number of ether oxygens (including phenoxy) is 1. The summed E-state index contributed by atoms with van der Waals surface area (Å²) in [6.45, 7) is 2.83. The van der Waals surface area contributed by atoms with E-state index in [1.54, 1.807) is 30.2 Å². The van der Waals surface area contributed by atoms with Crippen molar-refractivity contribution in [2.45, 2.75) is 30.2 Å². The zero-order chi connectivity index (χ0) is 20.9. The summed E-state index contributed by atoms with van der Waals surface area (Å²) in [4.78, 5) is 13.0. The van der Waals surface area contributed by atoms with Gasteiger partial charge in [-0.1, -0.05) is 65.6 Å². The van der Waals surface area contributed by atoms with Crippen LogP contribution in [0.25, 0.3) is 11.0 Å². The Morgan fingerprint density at radius 2 is 1.90 bits per heavy atom. The fourth-order valence-corrected chi connectivity index (χ4v) is 5.02. The van der Waals surface area contributed by atoms with Gasteiger partial charge in [-0.25, -0.2) is 0 Å². The molecule has 4 rings (SSSR count). The zero-order valence-corrected chi connectivity index (χ0v) is 18.3. The minimum absolute atomic E-state index is 0.234. The number of rotatable bonds is 8. The molecule has 1 N–H and O–H groups in total. The van der Waals surface area contributed by atoms with E-state index in [0.29, 0.717) is 30.2 Å². The van der Waals surface area contributed by atoms with Gasteiger partial charge in [-0.05, 0) is 24.1 Å². The molecule has 154 valence electrons. The summed E-state index contributed by atoms with van der Waals surface area (Å²) in [6.07, 6.45) is 0. The van der Waals surface area contributed by atoms with Crippen molar-refractivity contribution in [3.05, 3.63) is 76.0 Å². The minimum atomic E-state index is -0.234. The number of hydrogen-bond acceptors (Lipinski definition) is 7. The highest BCUT2D eigenvalue weighted by atomic mass is 32.2. The van der Waals surface area contributed by atoms with Gasteiger partial charge in [0.25, 0.3) is 5.91 Å². The number of furan rings is 1. The predicted octanol–water partition coefficient (Wildman–Crippen LogP) is 4.96. The number of nitrogens with one attached hydrogen (secondary N) is 1. The van der Waals surface area contributed by atoms with Crippen molar-refractivity contribution in [2.75, 3.05) is 7.11 Å². The Morgan fingerprint density at radius 3 is 2.67 bits per heavy atom. The minimum Gasteiger partial charge on any atom is -0.451 e. The molecule has 1 amide bonds. The quantitative estimate of drug-likeness (QED) is 0.391. The zero-order valence-electron chi connectivity index (χ0n) is 16.7. The van der Waals surface area contributed by atoms with Crippen molar-refractivity contribution < 1.29 is 13.9 Å². The summed E-state index contributed by atoms with van der Waals surface area (Å²) in [5, 5.41) is 13.1. The molecule has 0 aliphatic rings. The predicted molar refractivity (Wildman–Crippen MR) is 119 cm³/mol. The van der Waals surface area contributed by atoms with Gasteiger partial charge in [-0.2, -0.15) is 0 Å². The van der Waals surface area contributed by atoms with Crippen LogP contribution >= 0.6 is 23.1 Å². The summed E-state index contributed by atoms with van der Waals surface area (Å²) >= 11 is 3.10. The highest BCUT2D eigenvalue weighted by Gasteiger charge is 2.21. The molecule has 0 aliphatic heterocycles. The van der Waals surface area contributed by atoms with Gasteiger partial charge < -0.3 is 14.5 Å². The van der Waals surface area contributed by atoms with E-state index in [9.17, 15) is 4.79 Å². The monoisotopic (exact) mass is 439 g/mol. The third-order valence-corrected chi connectivity index (χ3v) is 6.61. The van der Waals surface area contributed by atoms with E-state index in [1.165, 1.54) is 0 Å². The number of carbonyl (C=O) groups excluding carboxylic acids is 1. The second-order valence-electron chi connectivity index (χ2n) is 6.67. The standard InChI is InChI=1S/C22H21N3O3S2/c1-14-24-25-22(30-14)29-13-18-17-9-5-6-10-19(17)28-20(18)21(26)23-11-15-7-3-4-8-16(15)12-27-2/h3-10H,11-13H2,1-2H3,(H,23,26). The SMILES string of the molecule is COCc1ccccc1CNC(=O)c1oc2ccccc2c1CSc1nnc(C)s1. The molecule has 0 aliphatic carbocycles. The molecular formula is C22H21N3O3S2. The normalized spacial score (nSPS) is 11.1. The Labute approximate surface area is 182 Å². The lowest BCUT2D eigenvalue weighted by molar-refractivity contribution is 0.0924. The average Bonchev–Trinajstić information content (AvgIpc) is 3.34. The van der Waals surface area contributed by atoms with Crippen LogP contribution in [0.1, 0.15) is 32.3 Å². The number of benzene rings is 2. The molecule has 2 aromatic carbocycles. The van der Waals surface area contributed by atoms with Crippen LogP contribution in [-0.2, 0) is 23.6 Å². The summed E-state index contributed by atoms with van der Waals surface area (Å²) in [6, 6.07) is 15.6. The van der Waals surface area contributed by atoms with E-state index in [-0.39, 0.29) is 5.91 Å². The second kappa shape index (κ2) is 9.42. The topological polar surface area (TPSA) is 77.2 Å². The van der Waals surface area contributed by atoms with Gasteiger partial charge in [0, 0.05) is 30.4 Å². The fourth-order valence-electron chi connectivity index (χ4n) is 3.18. The molecule has 4 aromatic rings. The number of carbonyl (C=O) groups is 1. The van der Waals surface area contributed by atoms with Crippen LogP contribution in [0.4, 0.5) is 0 Å². The van der Waals surface area contributed by atoms with Crippen LogP contribution in [-0.4, -0.2) is 23.2 Å². The molecule has 0 radical (unpaired) electrons. The van der Waals surface area contributed by atoms with E-state index in [1.807, 2.05) is 55.5 Å². The molecule has 8 heteroatoms. The summed E-state index contributed by atoms with van der Waals surface area (Å²) in [5.41, 5.74) is 3.63. The lowest BCUT2D eigenvalue weighted by atomic mass is 10.1. The van der Waals surface area contributed by atoms with E-state index < -0.39 is 0 Å². The van der Waals surface area contributed by atoms with Crippen molar-refractivity contribution in [1.82, 2.24) is 15.5 Å². The van der Waals surface area contributed by atoms with E-state index in [0.717, 1.165) is 31.4 Å². The highest BCUT2D eigenvalue weighted by Crippen LogP contribution is 2.33. The van der Waals surface area contributed by atoms with Gasteiger partial charge in [0.05, 0.1) is 6.61 Å². The van der Waals surface area contributed by atoms with Crippen molar-refractivity contribution in [1.29, 1.82) is 0 Å². The molecule has 0 saturated carbocycles. The highest BCUT2D eigenvalue weighted by molar-refractivity contribution is 8.00. The molecule has 0 fully saturated rings. The average molecular weight is 440 g/mol. The largest absolute Gasteiger partial charge is 0.451 e. The van der Waals surface area contributed by atoms with Crippen LogP contribution < -0.4 is 5.32 Å². The van der Waals surface area contributed by atoms with Crippen LogP contribution in [0.5, 0.6) is 0 Å². The summed E-state index contributed by atoms with van der Waals surface area (Å²) in [5.74, 6) is 0.686. The smallest absolute Gasteiger partial charge is 0.287 e. The van der Waals surface area contributed by atoms with Crippen molar-refractivity contribution in [2.24, 2.45) is 0 Å². The number of aryl methyl sites for hydroxylation is 1. The van der Waals surface area contributed by atoms with Crippen LogP contribution in [0.3, 0.4) is 0 Å². The van der Waals surface area contributed by atoms with E-state index in [4.69, 9.17) is 9.15 Å². The molecule has 2 heterocycles. The Morgan fingerprint density at radius 1 is 1.13 bits per heavy atom. The maximum atomic E-state index is 13.0.